The number of carbonyl (C=O) groups is 1. The van der Waals surface area contributed by atoms with Crippen molar-refractivity contribution in [3.8, 4) is 0 Å². The van der Waals surface area contributed by atoms with Crippen LogP contribution in [0.2, 0.25) is 5.02 Å². The largest absolute Gasteiger partial charge is 0.335 e. The third-order valence-electron chi connectivity index (χ3n) is 4.58. The van der Waals surface area contributed by atoms with Gasteiger partial charge in [-0.05, 0) is 48.9 Å². The number of nitrogens with zero attached hydrogens (tertiary/aromatic N) is 1. The summed E-state index contributed by atoms with van der Waals surface area (Å²) in [5.74, 6) is 0.850. The van der Waals surface area contributed by atoms with Crippen LogP contribution in [0.15, 0.2) is 54.6 Å². The molecule has 0 aliphatic heterocycles. The topological polar surface area (TPSA) is 20.3 Å². The molecule has 0 spiro atoms. The Kier molecular flexibility index (Phi) is 5.02. The van der Waals surface area contributed by atoms with E-state index in [0.717, 1.165) is 5.56 Å². The second-order valence-corrected chi connectivity index (χ2v) is 6.82. The normalized spacial score (nSPS) is 15.2. The quantitative estimate of drug-likeness (QED) is 0.752. The van der Waals surface area contributed by atoms with Crippen LogP contribution in [0.5, 0.6) is 0 Å². The molecule has 0 radical (unpaired) electrons. The first-order valence-electron chi connectivity index (χ1n) is 8.21. The zero-order chi connectivity index (χ0) is 16.2. The van der Waals surface area contributed by atoms with Crippen LogP contribution in [-0.4, -0.2) is 16.8 Å². The van der Waals surface area contributed by atoms with Gasteiger partial charge in [0.25, 0.3) is 0 Å². The Morgan fingerprint density at radius 1 is 1.09 bits per heavy atom. The fraction of sp³-hybridized carbons (Fsp3) is 0.350. The molecule has 0 saturated heterocycles. The molecule has 0 bridgehead atoms. The van der Waals surface area contributed by atoms with E-state index in [1.165, 1.54) is 18.4 Å². The van der Waals surface area contributed by atoms with E-state index < -0.39 is 0 Å². The fourth-order valence-corrected chi connectivity index (χ4v) is 3.08. The van der Waals surface area contributed by atoms with Crippen molar-refractivity contribution < 1.29 is 4.79 Å². The van der Waals surface area contributed by atoms with Crippen molar-refractivity contribution in [2.75, 3.05) is 0 Å². The zero-order valence-electron chi connectivity index (χ0n) is 13.4. The minimum absolute atomic E-state index is 0.190. The van der Waals surface area contributed by atoms with Gasteiger partial charge in [0.1, 0.15) is 0 Å². The fourth-order valence-electron chi connectivity index (χ4n) is 2.95. The summed E-state index contributed by atoms with van der Waals surface area (Å²) in [5.41, 5.74) is 2.20. The van der Waals surface area contributed by atoms with Crippen molar-refractivity contribution in [1.82, 2.24) is 4.90 Å². The van der Waals surface area contributed by atoms with Gasteiger partial charge in [-0.3, -0.25) is 4.79 Å². The van der Waals surface area contributed by atoms with Gasteiger partial charge in [0, 0.05) is 17.6 Å². The molecule has 1 amide bonds. The average Bonchev–Trinajstić information content (AvgIpc) is 3.40. The molecule has 23 heavy (non-hydrogen) atoms. The maximum Gasteiger partial charge on any atom is 0.227 e. The Balaban J connectivity index is 1.73. The lowest BCUT2D eigenvalue weighted by Gasteiger charge is -2.30. The van der Waals surface area contributed by atoms with Crippen LogP contribution in [0.25, 0.3) is 0 Å². The van der Waals surface area contributed by atoms with Gasteiger partial charge in [0.05, 0.1) is 6.42 Å². The lowest BCUT2D eigenvalue weighted by Crippen LogP contribution is -2.40. The number of carbonyl (C=O) groups excluding carboxylic acids is 1. The van der Waals surface area contributed by atoms with E-state index in [1.54, 1.807) is 0 Å². The SMILES string of the molecule is CC(C1CC1)N(Cc1ccccc1)C(=O)Cc1ccc(Cl)cc1. The third kappa shape index (κ3) is 4.35. The second kappa shape index (κ2) is 7.18. The first kappa shape index (κ1) is 16.1. The molecule has 1 atom stereocenters. The summed E-state index contributed by atoms with van der Waals surface area (Å²) in [6, 6.07) is 18.1. The Labute approximate surface area is 143 Å². The smallest absolute Gasteiger partial charge is 0.227 e. The highest BCUT2D eigenvalue weighted by atomic mass is 35.5. The van der Waals surface area contributed by atoms with E-state index in [1.807, 2.05) is 47.4 Å². The summed E-state index contributed by atoms with van der Waals surface area (Å²) in [6.45, 7) is 2.87. The maximum atomic E-state index is 12.9. The molecule has 1 unspecified atom stereocenters. The molecule has 3 rings (SSSR count). The predicted octanol–water partition coefficient (Wildman–Crippen LogP) is 4.71. The van der Waals surface area contributed by atoms with Crippen LogP contribution in [0, 0.1) is 5.92 Å². The molecule has 2 aromatic rings. The predicted molar refractivity (Wildman–Crippen MR) is 94.3 cm³/mol. The van der Waals surface area contributed by atoms with Gasteiger partial charge in [-0.25, -0.2) is 0 Å². The highest BCUT2D eigenvalue weighted by Crippen LogP contribution is 2.36. The Morgan fingerprint density at radius 2 is 1.74 bits per heavy atom. The maximum absolute atomic E-state index is 12.9. The molecular formula is C20H22ClNO. The average molecular weight is 328 g/mol. The van der Waals surface area contributed by atoms with Crippen LogP contribution in [0.4, 0.5) is 0 Å². The molecule has 1 aliphatic rings. The lowest BCUT2D eigenvalue weighted by atomic mass is 10.1. The van der Waals surface area contributed by atoms with Crippen molar-refractivity contribution >= 4 is 17.5 Å². The van der Waals surface area contributed by atoms with Crippen molar-refractivity contribution in [2.24, 2.45) is 5.92 Å². The highest BCUT2D eigenvalue weighted by Gasteiger charge is 2.34. The number of halogens is 1. The summed E-state index contributed by atoms with van der Waals surface area (Å²) in [5, 5.41) is 0.702. The van der Waals surface area contributed by atoms with Crippen molar-refractivity contribution in [3.05, 3.63) is 70.7 Å². The monoisotopic (exact) mass is 327 g/mol. The van der Waals surface area contributed by atoms with E-state index in [4.69, 9.17) is 11.6 Å². The summed E-state index contributed by atoms with van der Waals surface area (Å²) in [6.07, 6.45) is 2.91. The van der Waals surface area contributed by atoms with Crippen molar-refractivity contribution in [1.29, 1.82) is 0 Å². The van der Waals surface area contributed by atoms with Gasteiger partial charge in [0.2, 0.25) is 5.91 Å². The number of rotatable bonds is 6. The van der Waals surface area contributed by atoms with Crippen LogP contribution in [-0.2, 0) is 17.8 Å². The Hall–Kier alpha value is -1.80. The number of benzene rings is 2. The molecule has 1 saturated carbocycles. The first-order valence-corrected chi connectivity index (χ1v) is 8.59. The molecule has 2 nitrogen and oxygen atoms in total. The van der Waals surface area contributed by atoms with Gasteiger partial charge in [-0.15, -0.1) is 0 Å². The third-order valence-corrected chi connectivity index (χ3v) is 4.83. The molecule has 3 heteroatoms. The van der Waals surface area contributed by atoms with Gasteiger partial charge < -0.3 is 4.90 Å². The van der Waals surface area contributed by atoms with E-state index in [2.05, 4.69) is 19.1 Å². The van der Waals surface area contributed by atoms with E-state index in [0.29, 0.717) is 29.9 Å². The highest BCUT2D eigenvalue weighted by molar-refractivity contribution is 6.30. The summed E-state index contributed by atoms with van der Waals surface area (Å²) >= 11 is 5.92. The number of hydrogen-bond donors (Lipinski definition) is 0. The molecule has 2 aromatic carbocycles. The van der Waals surface area contributed by atoms with E-state index in [-0.39, 0.29) is 5.91 Å². The van der Waals surface area contributed by atoms with E-state index in [9.17, 15) is 4.79 Å². The van der Waals surface area contributed by atoms with Crippen LogP contribution < -0.4 is 0 Å². The van der Waals surface area contributed by atoms with E-state index >= 15 is 0 Å². The standard InChI is InChI=1S/C20H22ClNO/c1-15(18-9-10-18)22(14-17-5-3-2-4-6-17)20(23)13-16-7-11-19(21)12-8-16/h2-8,11-12,15,18H,9-10,13-14H2,1H3. The zero-order valence-corrected chi connectivity index (χ0v) is 14.2. The number of hydrogen-bond acceptors (Lipinski definition) is 1. The lowest BCUT2D eigenvalue weighted by molar-refractivity contribution is -0.133. The van der Waals surface area contributed by atoms with Crippen molar-refractivity contribution in [2.45, 2.75) is 38.8 Å². The summed E-state index contributed by atoms with van der Waals surface area (Å²) < 4.78 is 0. The van der Waals surface area contributed by atoms with Crippen LogP contribution in [0.1, 0.15) is 30.9 Å². The van der Waals surface area contributed by atoms with Gasteiger partial charge in [-0.2, -0.15) is 0 Å². The Morgan fingerprint density at radius 3 is 2.35 bits per heavy atom. The first-order chi connectivity index (χ1) is 11.1. The molecule has 120 valence electrons. The molecule has 0 heterocycles. The molecule has 0 aromatic heterocycles. The minimum atomic E-state index is 0.190. The summed E-state index contributed by atoms with van der Waals surface area (Å²) in [7, 11) is 0. The number of amides is 1. The minimum Gasteiger partial charge on any atom is -0.335 e. The van der Waals surface area contributed by atoms with Gasteiger partial charge >= 0.3 is 0 Å². The molecule has 1 fully saturated rings. The van der Waals surface area contributed by atoms with Crippen LogP contribution >= 0.6 is 11.6 Å². The van der Waals surface area contributed by atoms with Gasteiger partial charge in [0.15, 0.2) is 0 Å². The van der Waals surface area contributed by atoms with Gasteiger partial charge in [-0.1, -0.05) is 54.1 Å². The van der Waals surface area contributed by atoms with Crippen LogP contribution in [0.3, 0.4) is 0 Å². The second-order valence-electron chi connectivity index (χ2n) is 6.39. The molecule has 0 N–H and O–H groups in total. The van der Waals surface area contributed by atoms with Crippen molar-refractivity contribution in [3.63, 3.8) is 0 Å². The summed E-state index contributed by atoms with van der Waals surface area (Å²) in [4.78, 5) is 14.9. The molecular weight excluding hydrogens is 306 g/mol. The Bertz CT molecular complexity index is 649. The molecule has 1 aliphatic carbocycles.